The molecule has 16 heavy (non-hydrogen) atoms. The first-order valence-electron chi connectivity index (χ1n) is 5.54. The molecule has 0 spiro atoms. The lowest BCUT2D eigenvalue weighted by Crippen LogP contribution is -2.25. The molecule has 2 rings (SSSR count). The molecular formula is C12H15NO3. The number of carbonyl (C=O) groups is 1. The van der Waals surface area contributed by atoms with Gasteiger partial charge in [0.05, 0.1) is 6.10 Å². The predicted molar refractivity (Wildman–Crippen MR) is 58.7 cm³/mol. The molecule has 0 aromatic carbocycles. The second kappa shape index (κ2) is 5.61. The molecule has 1 fully saturated rings. The monoisotopic (exact) mass is 221 g/mol. The van der Waals surface area contributed by atoms with Crippen LogP contribution in [0.2, 0.25) is 0 Å². The van der Waals surface area contributed by atoms with Gasteiger partial charge >= 0.3 is 0 Å². The summed E-state index contributed by atoms with van der Waals surface area (Å²) in [5.41, 5.74) is 0.557. The van der Waals surface area contributed by atoms with Crippen LogP contribution in [0.5, 0.6) is 5.88 Å². The maximum absolute atomic E-state index is 10.4. The number of hydrogen-bond donors (Lipinski definition) is 0. The summed E-state index contributed by atoms with van der Waals surface area (Å²) < 4.78 is 11.0. The minimum absolute atomic E-state index is 0.182. The molecule has 1 aliphatic heterocycles. The largest absolute Gasteiger partial charge is 0.475 e. The highest BCUT2D eigenvalue weighted by Crippen LogP contribution is 2.14. The van der Waals surface area contributed by atoms with E-state index in [2.05, 4.69) is 4.98 Å². The Morgan fingerprint density at radius 3 is 3.06 bits per heavy atom. The fourth-order valence-corrected chi connectivity index (χ4v) is 1.66. The minimum atomic E-state index is 0.182. The van der Waals surface area contributed by atoms with Crippen LogP contribution in [0.15, 0.2) is 18.3 Å². The van der Waals surface area contributed by atoms with Crippen molar-refractivity contribution in [2.75, 3.05) is 13.2 Å². The fraction of sp³-hybridized carbons (Fsp3) is 0.500. The first-order valence-corrected chi connectivity index (χ1v) is 5.54. The van der Waals surface area contributed by atoms with E-state index < -0.39 is 0 Å². The van der Waals surface area contributed by atoms with Gasteiger partial charge in [0.15, 0.2) is 6.29 Å². The van der Waals surface area contributed by atoms with Gasteiger partial charge in [0.1, 0.15) is 6.61 Å². The first-order chi connectivity index (χ1) is 7.88. The Balaban J connectivity index is 1.81. The minimum Gasteiger partial charge on any atom is -0.475 e. The number of pyridine rings is 1. The molecule has 4 heteroatoms. The van der Waals surface area contributed by atoms with Crippen LogP contribution >= 0.6 is 0 Å². The van der Waals surface area contributed by atoms with Gasteiger partial charge in [-0.1, -0.05) is 0 Å². The topological polar surface area (TPSA) is 48.4 Å². The van der Waals surface area contributed by atoms with Crippen LogP contribution in [-0.2, 0) is 4.74 Å². The number of rotatable bonds is 4. The molecule has 1 aromatic heterocycles. The van der Waals surface area contributed by atoms with Crippen LogP contribution in [0.4, 0.5) is 0 Å². The van der Waals surface area contributed by atoms with Gasteiger partial charge in [-0.3, -0.25) is 4.79 Å². The molecule has 1 atom stereocenters. The van der Waals surface area contributed by atoms with Crippen LogP contribution in [0, 0.1) is 0 Å². The third kappa shape index (κ3) is 3.03. The molecule has 0 radical (unpaired) electrons. The van der Waals surface area contributed by atoms with E-state index in [9.17, 15) is 4.79 Å². The van der Waals surface area contributed by atoms with E-state index in [0.29, 0.717) is 18.1 Å². The van der Waals surface area contributed by atoms with E-state index in [4.69, 9.17) is 9.47 Å². The third-order valence-corrected chi connectivity index (χ3v) is 2.59. The Kier molecular flexibility index (Phi) is 3.88. The number of ether oxygens (including phenoxy) is 2. The summed E-state index contributed by atoms with van der Waals surface area (Å²) in [6.07, 6.45) is 5.84. The number of aromatic nitrogens is 1. The smallest absolute Gasteiger partial charge is 0.213 e. The number of carbonyl (C=O) groups excluding carboxylic acids is 1. The lowest BCUT2D eigenvalue weighted by atomic mass is 10.1. The summed E-state index contributed by atoms with van der Waals surface area (Å²) in [6, 6.07) is 3.39. The van der Waals surface area contributed by atoms with Gasteiger partial charge in [0, 0.05) is 24.4 Å². The van der Waals surface area contributed by atoms with Crippen LogP contribution in [0.1, 0.15) is 29.6 Å². The average molecular weight is 221 g/mol. The number of hydrogen-bond acceptors (Lipinski definition) is 4. The Morgan fingerprint density at radius 1 is 1.50 bits per heavy atom. The number of aldehydes is 1. The van der Waals surface area contributed by atoms with Gasteiger partial charge in [0.25, 0.3) is 0 Å². The third-order valence-electron chi connectivity index (χ3n) is 2.59. The highest BCUT2D eigenvalue weighted by atomic mass is 16.5. The molecule has 0 amide bonds. The molecule has 0 saturated carbocycles. The van der Waals surface area contributed by atoms with Crippen molar-refractivity contribution in [3.63, 3.8) is 0 Å². The molecule has 86 valence electrons. The summed E-state index contributed by atoms with van der Waals surface area (Å²) in [7, 11) is 0. The molecule has 1 saturated heterocycles. The Bertz CT molecular complexity index is 331. The SMILES string of the molecule is O=Cc1ccc(OCC2CCCCO2)nc1. The summed E-state index contributed by atoms with van der Waals surface area (Å²) in [5.74, 6) is 0.541. The summed E-state index contributed by atoms with van der Waals surface area (Å²) in [5, 5.41) is 0. The molecule has 2 heterocycles. The van der Waals surface area contributed by atoms with Gasteiger partial charge in [0.2, 0.25) is 5.88 Å². The van der Waals surface area contributed by atoms with Gasteiger partial charge < -0.3 is 9.47 Å². The predicted octanol–water partition coefficient (Wildman–Crippen LogP) is 1.84. The van der Waals surface area contributed by atoms with Crippen molar-refractivity contribution >= 4 is 6.29 Å². The zero-order chi connectivity index (χ0) is 11.2. The second-order valence-corrected chi connectivity index (χ2v) is 3.85. The van der Waals surface area contributed by atoms with E-state index in [0.717, 1.165) is 25.7 Å². The van der Waals surface area contributed by atoms with E-state index in [-0.39, 0.29) is 6.10 Å². The van der Waals surface area contributed by atoms with E-state index in [1.807, 2.05) is 0 Å². The maximum Gasteiger partial charge on any atom is 0.213 e. The van der Waals surface area contributed by atoms with Crippen molar-refractivity contribution in [3.8, 4) is 5.88 Å². The molecule has 0 aliphatic carbocycles. The normalized spacial score (nSPS) is 20.4. The quantitative estimate of drug-likeness (QED) is 0.728. The van der Waals surface area contributed by atoms with Crippen LogP contribution < -0.4 is 4.74 Å². The second-order valence-electron chi connectivity index (χ2n) is 3.85. The Labute approximate surface area is 94.6 Å². The zero-order valence-electron chi connectivity index (χ0n) is 9.09. The van der Waals surface area contributed by atoms with E-state index in [1.54, 1.807) is 12.1 Å². The summed E-state index contributed by atoms with van der Waals surface area (Å²) in [6.45, 7) is 1.36. The molecule has 1 unspecified atom stereocenters. The lowest BCUT2D eigenvalue weighted by molar-refractivity contribution is -0.0119. The van der Waals surface area contributed by atoms with E-state index >= 15 is 0 Å². The van der Waals surface area contributed by atoms with Crippen LogP contribution in [0.3, 0.4) is 0 Å². The summed E-state index contributed by atoms with van der Waals surface area (Å²) >= 11 is 0. The molecule has 1 aliphatic rings. The molecule has 1 aromatic rings. The lowest BCUT2D eigenvalue weighted by Gasteiger charge is -2.22. The van der Waals surface area contributed by atoms with Crippen molar-refractivity contribution in [2.45, 2.75) is 25.4 Å². The van der Waals surface area contributed by atoms with Crippen molar-refractivity contribution in [1.82, 2.24) is 4.98 Å². The molecule has 0 bridgehead atoms. The average Bonchev–Trinajstić information content (AvgIpc) is 2.38. The zero-order valence-corrected chi connectivity index (χ0v) is 9.09. The van der Waals surface area contributed by atoms with Crippen molar-refractivity contribution in [2.24, 2.45) is 0 Å². The van der Waals surface area contributed by atoms with Crippen molar-refractivity contribution in [1.29, 1.82) is 0 Å². The highest BCUT2D eigenvalue weighted by Gasteiger charge is 2.14. The maximum atomic E-state index is 10.4. The molecule has 4 nitrogen and oxygen atoms in total. The van der Waals surface area contributed by atoms with Gasteiger partial charge in [-0.15, -0.1) is 0 Å². The van der Waals surface area contributed by atoms with Gasteiger partial charge in [-0.05, 0) is 25.3 Å². The molecule has 0 N–H and O–H groups in total. The highest BCUT2D eigenvalue weighted by molar-refractivity contribution is 5.73. The Morgan fingerprint density at radius 2 is 2.44 bits per heavy atom. The first kappa shape index (κ1) is 11.1. The standard InChI is InChI=1S/C12H15NO3/c14-8-10-4-5-12(13-7-10)16-9-11-3-1-2-6-15-11/h4-5,7-8,11H,1-3,6,9H2. The fourth-order valence-electron chi connectivity index (χ4n) is 1.66. The van der Waals surface area contributed by atoms with Crippen LogP contribution in [-0.4, -0.2) is 30.6 Å². The van der Waals surface area contributed by atoms with Crippen LogP contribution in [0.25, 0.3) is 0 Å². The van der Waals surface area contributed by atoms with E-state index in [1.165, 1.54) is 12.6 Å². The van der Waals surface area contributed by atoms with Gasteiger partial charge in [-0.2, -0.15) is 0 Å². The Hall–Kier alpha value is -1.42. The number of nitrogens with zero attached hydrogens (tertiary/aromatic N) is 1. The van der Waals surface area contributed by atoms with Crippen molar-refractivity contribution in [3.05, 3.63) is 23.9 Å². The van der Waals surface area contributed by atoms with Gasteiger partial charge in [-0.25, -0.2) is 4.98 Å². The van der Waals surface area contributed by atoms with Crippen molar-refractivity contribution < 1.29 is 14.3 Å². The summed E-state index contributed by atoms with van der Waals surface area (Å²) in [4.78, 5) is 14.4. The molecular weight excluding hydrogens is 206 g/mol.